The van der Waals surface area contributed by atoms with E-state index in [4.69, 9.17) is 4.74 Å². The molecule has 0 saturated heterocycles. The van der Waals surface area contributed by atoms with Crippen molar-refractivity contribution in [3.8, 4) is 5.75 Å². The highest BCUT2D eigenvalue weighted by Crippen LogP contribution is 2.33. The molecule has 1 atom stereocenters. The van der Waals surface area contributed by atoms with Gasteiger partial charge < -0.3 is 10.1 Å². The van der Waals surface area contributed by atoms with Gasteiger partial charge in [0.15, 0.2) is 0 Å². The first-order valence-corrected chi connectivity index (χ1v) is 9.04. The molecule has 0 saturated carbocycles. The molecular formula is C17H20BrNOS. The van der Waals surface area contributed by atoms with Crippen LogP contribution in [0.5, 0.6) is 5.75 Å². The third-order valence-corrected chi connectivity index (χ3v) is 5.75. The Balaban J connectivity index is 1.70. The van der Waals surface area contributed by atoms with Gasteiger partial charge in [-0.25, -0.2) is 0 Å². The highest BCUT2D eigenvalue weighted by atomic mass is 79.9. The molecule has 1 aliphatic rings. The zero-order valence-corrected chi connectivity index (χ0v) is 14.8. The quantitative estimate of drug-likeness (QED) is 0.816. The molecule has 0 bridgehead atoms. The first-order valence-electron chi connectivity index (χ1n) is 7.43. The third kappa shape index (κ3) is 3.33. The summed E-state index contributed by atoms with van der Waals surface area (Å²) >= 11 is 5.50. The predicted octanol–water partition coefficient (Wildman–Crippen LogP) is 4.86. The normalized spacial score (nSPS) is 14.8. The lowest BCUT2D eigenvalue weighted by molar-refractivity contribution is 0.351. The second kappa shape index (κ2) is 6.51. The van der Waals surface area contributed by atoms with E-state index < -0.39 is 0 Å². The molecule has 1 aromatic heterocycles. The van der Waals surface area contributed by atoms with Crippen molar-refractivity contribution in [2.45, 2.75) is 39.3 Å². The van der Waals surface area contributed by atoms with Crippen LogP contribution in [0.2, 0.25) is 0 Å². The zero-order chi connectivity index (χ0) is 14.8. The van der Waals surface area contributed by atoms with Gasteiger partial charge >= 0.3 is 0 Å². The van der Waals surface area contributed by atoms with Crippen molar-refractivity contribution in [2.24, 2.45) is 0 Å². The number of aryl methyl sites for hydroxylation is 1. The second-order valence-corrected chi connectivity index (χ2v) is 7.53. The van der Waals surface area contributed by atoms with Gasteiger partial charge in [-0.15, -0.1) is 11.3 Å². The van der Waals surface area contributed by atoms with Gasteiger partial charge in [0, 0.05) is 38.8 Å². The molecule has 4 heteroatoms. The second-order valence-electron chi connectivity index (χ2n) is 5.41. The van der Waals surface area contributed by atoms with Crippen LogP contribution in [0, 0.1) is 0 Å². The lowest BCUT2D eigenvalue weighted by Crippen LogP contribution is -2.17. The van der Waals surface area contributed by atoms with Crippen LogP contribution in [0.1, 0.15) is 40.8 Å². The van der Waals surface area contributed by atoms with E-state index in [1.165, 1.54) is 20.9 Å². The molecule has 0 fully saturated rings. The topological polar surface area (TPSA) is 21.3 Å². The van der Waals surface area contributed by atoms with Gasteiger partial charge in [-0.2, -0.15) is 0 Å². The average molecular weight is 366 g/mol. The monoisotopic (exact) mass is 365 g/mol. The van der Waals surface area contributed by atoms with Crippen LogP contribution in [-0.4, -0.2) is 6.61 Å². The number of rotatable bonds is 5. The summed E-state index contributed by atoms with van der Waals surface area (Å²) in [7, 11) is 0. The Morgan fingerprint density at radius 3 is 3.00 bits per heavy atom. The highest BCUT2D eigenvalue weighted by Gasteiger charge is 2.18. The number of nitrogens with one attached hydrogen (secondary N) is 1. The van der Waals surface area contributed by atoms with Gasteiger partial charge in [-0.3, -0.25) is 0 Å². The molecule has 2 aromatic rings. The number of halogens is 1. The maximum atomic E-state index is 5.79. The highest BCUT2D eigenvalue weighted by molar-refractivity contribution is 9.10. The number of hydrogen-bond acceptors (Lipinski definition) is 3. The average Bonchev–Trinajstić information content (AvgIpc) is 3.12. The summed E-state index contributed by atoms with van der Waals surface area (Å²) in [5.74, 6) is 1.08. The van der Waals surface area contributed by atoms with Crippen molar-refractivity contribution in [1.82, 2.24) is 5.32 Å². The smallest absolute Gasteiger partial charge is 0.127 e. The molecule has 2 heterocycles. The van der Waals surface area contributed by atoms with E-state index in [1.54, 1.807) is 0 Å². The number of benzene rings is 1. The van der Waals surface area contributed by atoms with Crippen molar-refractivity contribution < 1.29 is 4.74 Å². The van der Waals surface area contributed by atoms with Gasteiger partial charge in [0.1, 0.15) is 5.75 Å². The Kier molecular flexibility index (Phi) is 4.67. The summed E-state index contributed by atoms with van der Waals surface area (Å²) in [6.07, 6.45) is 2.13. The Bertz CT molecular complexity index is 638. The molecule has 21 heavy (non-hydrogen) atoms. The molecular weight excluding hydrogens is 346 g/mol. The van der Waals surface area contributed by atoms with Crippen molar-refractivity contribution in [3.05, 3.63) is 49.6 Å². The fourth-order valence-corrected chi connectivity index (χ4v) is 4.19. The van der Waals surface area contributed by atoms with Crippen LogP contribution >= 0.6 is 27.3 Å². The molecule has 112 valence electrons. The van der Waals surface area contributed by atoms with Crippen LogP contribution in [0.25, 0.3) is 0 Å². The van der Waals surface area contributed by atoms with E-state index in [2.05, 4.69) is 59.4 Å². The minimum absolute atomic E-state index is 0.367. The van der Waals surface area contributed by atoms with Crippen LogP contribution in [-0.2, 0) is 19.4 Å². The fourth-order valence-electron chi connectivity index (χ4n) is 2.66. The molecule has 1 unspecified atom stereocenters. The molecule has 0 spiro atoms. The molecule has 1 aromatic carbocycles. The third-order valence-electron chi connectivity index (χ3n) is 3.88. The lowest BCUT2D eigenvalue weighted by Gasteiger charge is -2.14. The van der Waals surface area contributed by atoms with Crippen LogP contribution in [0.15, 0.2) is 28.7 Å². The van der Waals surface area contributed by atoms with Gasteiger partial charge in [0.05, 0.1) is 6.61 Å². The standard InChI is InChI=1S/C17H20BrNOS/c1-3-15-4-5-16(21-15)11(2)19-10-13-9-14(18)8-12-6-7-20-17(12)13/h4-5,8-9,11,19H,3,6-7,10H2,1-2H3. The Morgan fingerprint density at radius 2 is 2.24 bits per heavy atom. The zero-order valence-electron chi connectivity index (χ0n) is 12.4. The molecule has 2 nitrogen and oxygen atoms in total. The minimum atomic E-state index is 0.367. The van der Waals surface area contributed by atoms with Gasteiger partial charge in [-0.05, 0) is 43.2 Å². The number of hydrogen-bond donors (Lipinski definition) is 1. The van der Waals surface area contributed by atoms with E-state index in [1.807, 2.05) is 11.3 Å². The number of ether oxygens (including phenoxy) is 1. The molecule has 1 aliphatic heterocycles. The lowest BCUT2D eigenvalue weighted by atomic mass is 10.1. The fraction of sp³-hybridized carbons (Fsp3) is 0.412. The van der Waals surface area contributed by atoms with Crippen molar-refractivity contribution in [3.63, 3.8) is 0 Å². The predicted molar refractivity (Wildman–Crippen MR) is 92.3 cm³/mol. The van der Waals surface area contributed by atoms with Crippen molar-refractivity contribution in [1.29, 1.82) is 0 Å². The van der Waals surface area contributed by atoms with Crippen LogP contribution < -0.4 is 10.1 Å². The van der Waals surface area contributed by atoms with E-state index in [0.717, 1.165) is 36.2 Å². The van der Waals surface area contributed by atoms with Gasteiger partial charge in [0.25, 0.3) is 0 Å². The maximum Gasteiger partial charge on any atom is 0.127 e. The first kappa shape index (κ1) is 15.1. The summed E-state index contributed by atoms with van der Waals surface area (Å²) in [6, 6.07) is 9.17. The summed E-state index contributed by atoms with van der Waals surface area (Å²) in [5.41, 5.74) is 2.56. The molecule has 1 N–H and O–H groups in total. The molecule has 0 aliphatic carbocycles. The van der Waals surface area contributed by atoms with Crippen LogP contribution in [0.4, 0.5) is 0 Å². The Hall–Kier alpha value is -0.840. The first-order chi connectivity index (χ1) is 10.2. The molecule has 0 amide bonds. The number of thiophene rings is 1. The van der Waals surface area contributed by atoms with Gasteiger partial charge in [0.2, 0.25) is 0 Å². The number of fused-ring (bicyclic) bond motifs is 1. The molecule has 3 rings (SSSR count). The summed E-state index contributed by atoms with van der Waals surface area (Å²) in [6.45, 7) is 6.07. The van der Waals surface area contributed by atoms with Crippen LogP contribution in [0.3, 0.4) is 0 Å². The van der Waals surface area contributed by atoms with E-state index in [0.29, 0.717) is 6.04 Å². The maximum absolute atomic E-state index is 5.79. The van der Waals surface area contributed by atoms with Crippen molar-refractivity contribution >= 4 is 27.3 Å². The SMILES string of the molecule is CCc1ccc(C(C)NCc2cc(Br)cc3c2OCC3)s1. The molecule has 0 radical (unpaired) electrons. The van der Waals surface area contributed by atoms with E-state index in [9.17, 15) is 0 Å². The Morgan fingerprint density at radius 1 is 1.38 bits per heavy atom. The van der Waals surface area contributed by atoms with Crippen molar-refractivity contribution in [2.75, 3.05) is 6.61 Å². The van der Waals surface area contributed by atoms with Gasteiger partial charge in [-0.1, -0.05) is 22.9 Å². The summed E-state index contributed by atoms with van der Waals surface area (Å²) in [4.78, 5) is 2.85. The van der Waals surface area contributed by atoms with E-state index in [-0.39, 0.29) is 0 Å². The summed E-state index contributed by atoms with van der Waals surface area (Å²) < 4.78 is 6.93. The Labute approximate surface area is 138 Å². The minimum Gasteiger partial charge on any atom is -0.493 e. The summed E-state index contributed by atoms with van der Waals surface area (Å²) in [5, 5.41) is 3.62. The van der Waals surface area contributed by atoms with E-state index >= 15 is 0 Å². The largest absolute Gasteiger partial charge is 0.493 e.